The summed E-state index contributed by atoms with van der Waals surface area (Å²) < 4.78 is 0. The fourth-order valence-corrected chi connectivity index (χ4v) is 4.87. The highest BCUT2D eigenvalue weighted by Crippen LogP contribution is 2.38. The van der Waals surface area contributed by atoms with Crippen molar-refractivity contribution in [2.24, 2.45) is 0 Å². The Morgan fingerprint density at radius 3 is 2.03 bits per heavy atom. The molecule has 4 rings (SSSR count). The van der Waals surface area contributed by atoms with Crippen LogP contribution in [0, 0.1) is 0 Å². The summed E-state index contributed by atoms with van der Waals surface area (Å²) in [6.07, 6.45) is 11.9. The minimum atomic E-state index is 0.188. The summed E-state index contributed by atoms with van der Waals surface area (Å²) in [7, 11) is 0. The predicted octanol–water partition coefficient (Wildman–Crippen LogP) is 8.27. The smallest absolute Gasteiger partial charge is 0.165 e. The molecule has 0 aliphatic heterocycles. The van der Waals surface area contributed by atoms with Crippen LogP contribution < -0.4 is 5.73 Å². The Kier molecular flexibility index (Phi) is 6.52. The number of carbonyl (C=O) groups excluding carboxylic acids is 1. The van der Waals surface area contributed by atoms with Crippen molar-refractivity contribution in [2.45, 2.75) is 71.1 Å². The predicted molar refractivity (Wildman–Crippen MR) is 131 cm³/mol. The standard InChI is InChI=1S/C28H33NO/c1-2-3-4-5-6-7-8-9-10-14-25(30)28-23-18-17-21-13-11-12-20-15-16-22(19-24(28)29)27(23)26(20)21/h11-13,15-19H,2-10,14,29H2,1H3. The number of nitrogen functional groups attached to an aromatic ring is 1. The van der Waals surface area contributed by atoms with Gasteiger partial charge >= 0.3 is 0 Å². The molecule has 0 radical (unpaired) electrons. The monoisotopic (exact) mass is 399 g/mol. The molecule has 0 aliphatic carbocycles. The minimum Gasteiger partial charge on any atom is -0.398 e. The number of benzene rings is 4. The lowest BCUT2D eigenvalue weighted by Gasteiger charge is -2.15. The van der Waals surface area contributed by atoms with Crippen LogP contribution >= 0.6 is 0 Å². The van der Waals surface area contributed by atoms with Gasteiger partial charge in [-0.25, -0.2) is 0 Å². The van der Waals surface area contributed by atoms with Crippen molar-refractivity contribution >= 4 is 43.8 Å². The minimum absolute atomic E-state index is 0.188. The SMILES string of the molecule is CCCCCCCCCCCC(=O)c1c(N)cc2ccc3cccc4ccc1c2c34. The van der Waals surface area contributed by atoms with Crippen molar-refractivity contribution in [3.05, 3.63) is 54.1 Å². The van der Waals surface area contributed by atoms with Crippen LogP contribution in [0.1, 0.15) is 81.5 Å². The van der Waals surface area contributed by atoms with Crippen LogP contribution in [0.5, 0.6) is 0 Å². The van der Waals surface area contributed by atoms with E-state index >= 15 is 0 Å². The maximum atomic E-state index is 13.1. The number of nitrogens with two attached hydrogens (primary N) is 1. The van der Waals surface area contributed by atoms with Gasteiger partial charge in [0.25, 0.3) is 0 Å². The summed E-state index contributed by atoms with van der Waals surface area (Å²) in [6, 6.07) is 16.8. The van der Waals surface area contributed by atoms with Gasteiger partial charge in [0.05, 0.1) is 0 Å². The molecule has 0 saturated carbocycles. The van der Waals surface area contributed by atoms with Gasteiger partial charge in [0.1, 0.15) is 0 Å². The first kappa shape index (κ1) is 20.7. The lowest BCUT2D eigenvalue weighted by molar-refractivity contribution is 0.0981. The molecule has 0 aliphatic rings. The van der Waals surface area contributed by atoms with Crippen molar-refractivity contribution < 1.29 is 4.79 Å². The Morgan fingerprint density at radius 1 is 0.733 bits per heavy atom. The lowest BCUT2D eigenvalue weighted by atomic mass is 9.89. The average Bonchev–Trinajstić information content (AvgIpc) is 2.76. The molecule has 2 nitrogen and oxygen atoms in total. The quantitative estimate of drug-likeness (QED) is 0.119. The van der Waals surface area contributed by atoms with Crippen LogP contribution in [0.3, 0.4) is 0 Å². The van der Waals surface area contributed by atoms with E-state index in [1.807, 2.05) is 6.07 Å². The van der Waals surface area contributed by atoms with Crippen LogP contribution in [0.4, 0.5) is 5.69 Å². The second kappa shape index (κ2) is 9.47. The number of Topliss-reactive ketones (excluding diaryl/α,β-unsaturated/α-hetero) is 1. The zero-order chi connectivity index (χ0) is 20.9. The van der Waals surface area contributed by atoms with Gasteiger partial charge in [-0.1, -0.05) is 101 Å². The maximum Gasteiger partial charge on any atom is 0.165 e. The molecule has 0 saturated heterocycles. The van der Waals surface area contributed by atoms with Crippen molar-refractivity contribution in [3.63, 3.8) is 0 Å². The normalized spacial score (nSPS) is 11.8. The maximum absolute atomic E-state index is 13.1. The third kappa shape index (κ3) is 4.14. The molecule has 0 unspecified atom stereocenters. The molecule has 2 heteroatoms. The van der Waals surface area contributed by atoms with Crippen molar-refractivity contribution in [3.8, 4) is 0 Å². The van der Waals surface area contributed by atoms with Crippen LogP contribution in [-0.4, -0.2) is 5.78 Å². The van der Waals surface area contributed by atoms with Gasteiger partial charge in [-0.3, -0.25) is 4.79 Å². The highest BCUT2D eigenvalue weighted by atomic mass is 16.1. The van der Waals surface area contributed by atoms with E-state index < -0.39 is 0 Å². The van der Waals surface area contributed by atoms with Crippen LogP contribution in [0.2, 0.25) is 0 Å². The van der Waals surface area contributed by atoms with Gasteiger partial charge in [0, 0.05) is 17.7 Å². The first-order valence-electron chi connectivity index (χ1n) is 11.7. The summed E-state index contributed by atoms with van der Waals surface area (Å²) in [5.74, 6) is 0.188. The molecule has 0 atom stereocenters. The molecule has 0 amide bonds. The number of ketones is 1. The molecule has 0 spiro atoms. The zero-order valence-electron chi connectivity index (χ0n) is 18.2. The van der Waals surface area contributed by atoms with Gasteiger partial charge < -0.3 is 5.73 Å². The van der Waals surface area contributed by atoms with E-state index in [1.165, 1.54) is 66.5 Å². The highest BCUT2D eigenvalue weighted by molar-refractivity contribution is 6.28. The van der Waals surface area contributed by atoms with Crippen LogP contribution in [0.25, 0.3) is 32.3 Å². The summed E-state index contributed by atoms with van der Waals surface area (Å²) in [5, 5.41) is 6.97. The van der Waals surface area contributed by atoms with E-state index in [2.05, 4.69) is 49.4 Å². The van der Waals surface area contributed by atoms with Crippen LogP contribution in [-0.2, 0) is 0 Å². The molecule has 2 N–H and O–H groups in total. The highest BCUT2D eigenvalue weighted by Gasteiger charge is 2.18. The van der Waals surface area contributed by atoms with Gasteiger partial charge in [-0.15, -0.1) is 0 Å². The van der Waals surface area contributed by atoms with Crippen molar-refractivity contribution in [1.29, 1.82) is 0 Å². The van der Waals surface area contributed by atoms with Gasteiger partial charge in [0.15, 0.2) is 5.78 Å². The molecular weight excluding hydrogens is 366 g/mol. The lowest BCUT2D eigenvalue weighted by Crippen LogP contribution is -2.05. The number of anilines is 1. The third-order valence-electron chi connectivity index (χ3n) is 6.46. The summed E-state index contributed by atoms with van der Waals surface area (Å²) in [5.41, 5.74) is 7.72. The Balaban J connectivity index is 1.47. The second-order valence-corrected chi connectivity index (χ2v) is 8.70. The van der Waals surface area contributed by atoms with E-state index in [1.54, 1.807) is 0 Å². The number of hydrogen-bond donors (Lipinski definition) is 1. The Labute approximate surface area is 179 Å². The van der Waals surface area contributed by atoms with Crippen molar-refractivity contribution in [1.82, 2.24) is 0 Å². The molecular formula is C28H33NO. The molecule has 0 fully saturated rings. The van der Waals surface area contributed by atoms with Gasteiger partial charge in [-0.05, 0) is 44.8 Å². The van der Waals surface area contributed by atoms with E-state index in [-0.39, 0.29) is 5.78 Å². The van der Waals surface area contributed by atoms with E-state index in [0.717, 1.165) is 29.2 Å². The number of hydrogen-bond acceptors (Lipinski definition) is 2. The number of rotatable bonds is 11. The topological polar surface area (TPSA) is 43.1 Å². The molecule has 0 heterocycles. The molecule has 0 bridgehead atoms. The molecule has 0 aromatic heterocycles. The van der Waals surface area contributed by atoms with E-state index in [4.69, 9.17) is 5.73 Å². The number of unbranched alkanes of at least 4 members (excludes halogenated alkanes) is 8. The first-order valence-corrected chi connectivity index (χ1v) is 11.7. The Bertz CT molecular complexity index is 1130. The Morgan fingerprint density at radius 2 is 1.33 bits per heavy atom. The molecule has 30 heavy (non-hydrogen) atoms. The zero-order valence-corrected chi connectivity index (χ0v) is 18.2. The van der Waals surface area contributed by atoms with E-state index in [0.29, 0.717) is 12.1 Å². The Hall–Kier alpha value is -2.61. The number of carbonyl (C=O) groups is 1. The fourth-order valence-electron chi connectivity index (χ4n) is 4.87. The van der Waals surface area contributed by atoms with Gasteiger partial charge in [-0.2, -0.15) is 0 Å². The third-order valence-corrected chi connectivity index (χ3v) is 6.46. The second-order valence-electron chi connectivity index (χ2n) is 8.70. The molecule has 4 aromatic rings. The van der Waals surface area contributed by atoms with E-state index in [9.17, 15) is 4.79 Å². The summed E-state index contributed by atoms with van der Waals surface area (Å²) >= 11 is 0. The first-order chi connectivity index (χ1) is 14.7. The fraction of sp³-hybridized carbons (Fsp3) is 0.393. The van der Waals surface area contributed by atoms with Gasteiger partial charge in [0.2, 0.25) is 0 Å². The molecule has 156 valence electrons. The summed E-state index contributed by atoms with van der Waals surface area (Å²) in [4.78, 5) is 13.1. The summed E-state index contributed by atoms with van der Waals surface area (Å²) in [6.45, 7) is 2.25. The van der Waals surface area contributed by atoms with Crippen molar-refractivity contribution in [2.75, 3.05) is 5.73 Å². The largest absolute Gasteiger partial charge is 0.398 e. The molecule has 4 aromatic carbocycles. The average molecular weight is 400 g/mol. The van der Waals surface area contributed by atoms with Crippen LogP contribution in [0.15, 0.2) is 48.5 Å².